The number of fused-ring (bicyclic) bond motifs is 3. The Labute approximate surface area is 194 Å². The van der Waals surface area contributed by atoms with Crippen molar-refractivity contribution >= 4 is 52.8 Å². The molecule has 0 aliphatic carbocycles. The Balaban J connectivity index is 1.13. The van der Waals surface area contributed by atoms with Gasteiger partial charge in [-0.1, -0.05) is 0 Å². The number of nitrogen functional groups attached to an aromatic ring is 1. The van der Waals surface area contributed by atoms with E-state index in [9.17, 15) is 9.00 Å². The minimum absolute atomic E-state index is 0.0735. The number of pyridine rings is 1. The molecule has 2 fully saturated rings. The van der Waals surface area contributed by atoms with Crippen molar-refractivity contribution in [2.45, 2.75) is 12.8 Å². The van der Waals surface area contributed by atoms with Crippen molar-refractivity contribution in [3.05, 3.63) is 24.2 Å². The Morgan fingerprint density at radius 3 is 2.73 bits per heavy atom. The summed E-state index contributed by atoms with van der Waals surface area (Å²) in [6.45, 7) is 3.98. The number of aryl methyl sites for hydroxylation is 1. The zero-order chi connectivity index (χ0) is 22.8. The molecule has 0 saturated carbocycles. The molecule has 0 spiro atoms. The van der Waals surface area contributed by atoms with Gasteiger partial charge in [-0.25, -0.2) is 14.3 Å². The average Bonchev–Trinajstić information content (AvgIpc) is 3.35. The molecule has 0 amide bonds. The van der Waals surface area contributed by atoms with Gasteiger partial charge < -0.3 is 15.6 Å². The topological polar surface area (TPSA) is 137 Å². The van der Waals surface area contributed by atoms with Gasteiger partial charge in [-0.2, -0.15) is 5.10 Å². The zero-order valence-corrected chi connectivity index (χ0v) is 20.0. The molecular formula is C21H26N8O2S2. The lowest BCUT2D eigenvalue weighted by Crippen LogP contribution is -2.52. The van der Waals surface area contributed by atoms with Crippen LogP contribution >= 0.6 is 11.3 Å². The molecule has 0 unspecified atom stereocenters. The SMILES string of the molecule is CS1(=O)(N2CCN(CCCc3nc4c(N)nc5cc(-c6ccn[nH]6)sc5c4[nH]3)CC2)CC1=O. The van der Waals surface area contributed by atoms with E-state index in [1.807, 2.05) is 16.4 Å². The number of rotatable bonds is 6. The van der Waals surface area contributed by atoms with E-state index >= 15 is 0 Å². The van der Waals surface area contributed by atoms with Crippen molar-refractivity contribution in [1.29, 1.82) is 0 Å². The predicted octanol–water partition coefficient (Wildman–Crippen LogP) is 1.60. The largest absolute Gasteiger partial charge is 0.382 e. The van der Waals surface area contributed by atoms with E-state index in [1.54, 1.807) is 23.8 Å². The third kappa shape index (κ3) is 3.39. The highest BCUT2D eigenvalue weighted by molar-refractivity contribution is 8.39. The number of nitrogens with zero attached hydrogens (tertiary/aromatic N) is 5. The van der Waals surface area contributed by atoms with Gasteiger partial charge in [-0.3, -0.25) is 14.1 Å². The number of nitrogens with two attached hydrogens (primary N) is 1. The Morgan fingerprint density at radius 1 is 1.24 bits per heavy atom. The standard InChI is InChI=1S/C21H26N8O2S2/c1-33(31,12-17(33)30)29-9-7-28(8-10-29)6-2-3-16-25-18-19(26-16)21(22)24-14-11-15(32-20(14)18)13-4-5-23-27-13/h4-5,11H,2-3,6-10,12H2,1H3,(H2,22,24)(H,23,27)(H,25,26). The predicted molar refractivity (Wildman–Crippen MR) is 132 cm³/mol. The molecule has 0 radical (unpaired) electrons. The first-order chi connectivity index (χ1) is 15.8. The smallest absolute Gasteiger partial charge is 0.222 e. The van der Waals surface area contributed by atoms with Crippen molar-refractivity contribution < 1.29 is 9.00 Å². The number of nitrogens with one attached hydrogen (secondary N) is 2. The van der Waals surface area contributed by atoms with Gasteiger partial charge in [0, 0.05) is 54.3 Å². The summed E-state index contributed by atoms with van der Waals surface area (Å²) >= 11 is 1.64. The van der Waals surface area contributed by atoms with Crippen LogP contribution in [0.4, 0.5) is 5.82 Å². The number of carbonyl (C=O) groups excluding carboxylic acids is 1. The third-order valence-electron chi connectivity index (χ3n) is 6.79. The molecule has 4 aromatic rings. The van der Waals surface area contributed by atoms with E-state index in [-0.39, 0.29) is 10.9 Å². The highest BCUT2D eigenvalue weighted by atomic mass is 32.3. The van der Waals surface area contributed by atoms with Gasteiger partial charge in [0.1, 0.15) is 11.3 Å². The van der Waals surface area contributed by atoms with Gasteiger partial charge in [0.25, 0.3) is 0 Å². The minimum atomic E-state index is -3.12. The maximum atomic E-state index is 12.9. The maximum absolute atomic E-state index is 12.9. The van der Waals surface area contributed by atoms with E-state index in [2.05, 4.69) is 25.1 Å². The van der Waals surface area contributed by atoms with E-state index in [4.69, 9.17) is 10.7 Å². The number of anilines is 1. The van der Waals surface area contributed by atoms with Crippen LogP contribution in [-0.2, 0) is 20.5 Å². The van der Waals surface area contributed by atoms with Crippen LogP contribution in [0.2, 0.25) is 0 Å². The highest BCUT2D eigenvalue weighted by Crippen LogP contribution is 2.42. The number of carbonyl (C=O) groups is 1. The van der Waals surface area contributed by atoms with Crippen LogP contribution < -0.4 is 5.73 Å². The zero-order valence-electron chi connectivity index (χ0n) is 18.3. The molecule has 6 rings (SSSR count). The number of hydrogen-bond acceptors (Lipinski definition) is 8. The van der Waals surface area contributed by atoms with Gasteiger partial charge in [0.15, 0.2) is 5.82 Å². The van der Waals surface area contributed by atoms with Crippen LogP contribution in [0.15, 0.2) is 18.3 Å². The molecule has 174 valence electrons. The van der Waals surface area contributed by atoms with Crippen LogP contribution in [0.25, 0.3) is 31.8 Å². The van der Waals surface area contributed by atoms with Crippen molar-refractivity contribution in [2.75, 3.05) is 50.5 Å². The molecule has 33 heavy (non-hydrogen) atoms. The molecule has 10 nitrogen and oxygen atoms in total. The first-order valence-corrected chi connectivity index (χ1v) is 14.3. The van der Waals surface area contributed by atoms with Crippen molar-refractivity contribution in [3.8, 4) is 10.6 Å². The summed E-state index contributed by atoms with van der Waals surface area (Å²) in [5.74, 6) is 1.58. The highest BCUT2D eigenvalue weighted by Gasteiger charge is 2.61. The lowest BCUT2D eigenvalue weighted by atomic mass is 10.2. The van der Waals surface area contributed by atoms with E-state index < -0.39 is 9.25 Å². The van der Waals surface area contributed by atoms with E-state index in [0.717, 1.165) is 70.1 Å². The molecule has 12 heteroatoms. The molecule has 2 aliphatic rings. The Hall–Kier alpha value is -2.67. The Bertz CT molecular complexity index is 1450. The number of aromatic nitrogens is 5. The molecule has 6 heterocycles. The molecule has 0 atom stereocenters. The van der Waals surface area contributed by atoms with Gasteiger partial charge in [-0.05, 0) is 25.1 Å². The van der Waals surface area contributed by atoms with E-state index in [0.29, 0.717) is 18.9 Å². The fourth-order valence-corrected chi connectivity index (χ4v) is 8.44. The fourth-order valence-electron chi connectivity index (χ4n) is 4.63. The second-order valence-electron chi connectivity index (χ2n) is 9.07. The lowest BCUT2D eigenvalue weighted by Gasteiger charge is -2.39. The summed E-state index contributed by atoms with van der Waals surface area (Å²) in [4.78, 5) is 27.9. The van der Waals surface area contributed by atoms with Crippen LogP contribution in [0, 0.1) is 0 Å². The molecular weight excluding hydrogens is 460 g/mol. The summed E-state index contributed by atoms with van der Waals surface area (Å²) in [7, 11) is -3.12. The van der Waals surface area contributed by atoms with Crippen LogP contribution in [0.5, 0.6) is 0 Å². The molecule has 0 aromatic carbocycles. The Morgan fingerprint density at radius 2 is 2.03 bits per heavy atom. The van der Waals surface area contributed by atoms with Gasteiger partial charge >= 0.3 is 0 Å². The number of piperazine rings is 1. The van der Waals surface area contributed by atoms with Crippen molar-refractivity contribution in [1.82, 2.24) is 34.4 Å². The van der Waals surface area contributed by atoms with Crippen LogP contribution in [-0.4, -0.2) is 88.4 Å². The second-order valence-corrected chi connectivity index (χ2v) is 14.4. The molecule has 0 bridgehead atoms. The molecule has 2 aliphatic heterocycles. The molecule has 4 aromatic heterocycles. The number of aromatic amines is 2. The van der Waals surface area contributed by atoms with Gasteiger partial charge in [0.05, 0.1) is 32.1 Å². The normalized spacial score (nSPS) is 22.0. The van der Waals surface area contributed by atoms with Crippen molar-refractivity contribution in [3.63, 3.8) is 0 Å². The average molecular weight is 487 g/mol. The monoisotopic (exact) mass is 486 g/mol. The van der Waals surface area contributed by atoms with Gasteiger partial charge in [-0.15, -0.1) is 11.3 Å². The Kier molecular flexibility index (Phi) is 4.54. The number of thiophene rings is 1. The van der Waals surface area contributed by atoms with Crippen LogP contribution in [0.3, 0.4) is 0 Å². The number of hydrogen-bond donors (Lipinski definition) is 3. The molecule has 4 N–H and O–H groups in total. The minimum Gasteiger partial charge on any atom is -0.382 e. The maximum Gasteiger partial charge on any atom is 0.222 e. The summed E-state index contributed by atoms with van der Waals surface area (Å²) in [5, 5.41) is 6.95. The van der Waals surface area contributed by atoms with E-state index in [1.165, 1.54) is 0 Å². The summed E-state index contributed by atoms with van der Waals surface area (Å²) in [6, 6.07) is 3.96. The fraction of sp³-hybridized carbons (Fsp3) is 0.429. The first-order valence-electron chi connectivity index (χ1n) is 11.0. The number of H-pyrrole nitrogens is 2. The second kappa shape index (κ2) is 7.16. The van der Waals surface area contributed by atoms with Crippen LogP contribution in [0.1, 0.15) is 12.2 Å². The quantitative estimate of drug-likeness (QED) is 0.352. The first kappa shape index (κ1) is 20.9. The summed E-state index contributed by atoms with van der Waals surface area (Å²) in [5.41, 5.74) is 9.67. The summed E-state index contributed by atoms with van der Waals surface area (Å²) < 4.78 is 15.9. The lowest BCUT2D eigenvalue weighted by molar-refractivity contribution is -0.107. The summed E-state index contributed by atoms with van der Waals surface area (Å²) in [6.07, 6.45) is 5.14. The molecule has 2 saturated heterocycles. The van der Waals surface area contributed by atoms with Gasteiger partial charge in [0.2, 0.25) is 5.12 Å². The third-order valence-corrected chi connectivity index (χ3v) is 11.6. The number of imidazole rings is 1. The van der Waals surface area contributed by atoms with Crippen molar-refractivity contribution in [2.24, 2.45) is 0 Å².